The summed E-state index contributed by atoms with van der Waals surface area (Å²) in [4.78, 5) is 0. The van der Waals surface area contributed by atoms with E-state index < -0.39 is 0 Å². The molecule has 1 aromatic carbocycles. The summed E-state index contributed by atoms with van der Waals surface area (Å²) in [6, 6.07) is 4.50. The van der Waals surface area contributed by atoms with E-state index in [9.17, 15) is 4.39 Å². The largest absolute Gasteiger partial charge is 0.309 e. The Morgan fingerprint density at radius 2 is 1.84 bits per heavy atom. The van der Waals surface area contributed by atoms with E-state index in [2.05, 4.69) is 19.2 Å². The highest BCUT2D eigenvalue weighted by Crippen LogP contribution is 2.35. The number of nitrogens with one attached hydrogen (secondary N) is 1. The molecule has 0 bridgehead atoms. The second kappa shape index (κ2) is 5.62. The summed E-state index contributed by atoms with van der Waals surface area (Å²) >= 11 is 0. The number of hydrogen-bond acceptors (Lipinski definition) is 1. The predicted molar refractivity (Wildman–Crippen MR) is 78.8 cm³/mol. The molecule has 0 amide bonds. The van der Waals surface area contributed by atoms with Crippen LogP contribution in [0.4, 0.5) is 4.39 Å². The molecule has 1 aromatic rings. The van der Waals surface area contributed by atoms with Gasteiger partial charge in [0.05, 0.1) is 0 Å². The molecule has 2 rings (SSSR count). The second-order valence-electron chi connectivity index (χ2n) is 6.71. The zero-order valence-electron chi connectivity index (χ0n) is 12.6. The highest BCUT2D eigenvalue weighted by molar-refractivity contribution is 5.30. The standard InChI is InChI=1S/C17H26FN/c1-12-9-14(10-13(2)16(12)18)11-19-15-7-5-6-8-17(15,3)4/h9-10,15,19H,5-8,11H2,1-4H3. The number of aryl methyl sites for hydroxylation is 2. The van der Waals surface area contributed by atoms with Gasteiger partial charge in [-0.3, -0.25) is 0 Å². The fraction of sp³-hybridized carbons (Fsp3) is 0.647. The first-order chi connectivity index (χ1) is 8.90. The van der Waals surface area contributed by atoms with Crippen molar-refractivity contribution in [2.75, 3.05) is 0 Å². The minimum absolute atomic E-state index is 0.0678. The molecule has 0 spiro atoms. The Hall–Kier alpha value is -0.890. The number of hydrogen-bond donors (Lipinski definition) is 1. The van der Waals surface area contributed by atoms with Crippen LogP contribution in [0, 0.1) is 25.1 Å². The van der Waals surface area contributed by atoms with E-state index in [1.807, 2.05) is 26.0 Å². The Morgan fingerprint density at radius 1 is 1.21 bits per heavy atom. The Balaban J connectivity index is 2.02. The Bertz CT molecular complexity index is 428. The maximum atomic E-state index is 13.6. The zero-order chi connectivity index (χ0) is 14.0. The van der Waals surface area contributed by atoms with Crippen molar-refractivity contribution in [1.82, 2.24) is 5.32 Å². The molecule has 1 atom stereocenters. The van der Waals surface area contributed by atoms with Gasteiger partial charge in [-0.15, -0.1) is 0 Å². The van der Waals surface area contributed by atoms with Crippen molar-refractivity contribution in [3.05, 3.63) is 34.6 Å². The normalized spacial score (nSPS) is 22.5. The molecule has 0 saturated heterocycles. The van der Waals surface area contributed by atoms with Crippen molar-refractivity contribution >= 4 is 0 Å². The van der Waals surface area contributed by atoms with E-state index in [1.165, 1.54) is 31.2 Å². The lowest BCUT2D eigenvalue weighted by Crippen LogP contribution is -2.43. The molecule has 0 aromatic heterocycles. The van der Waals surface area contributed by atoms with Gasteiger partial charge in [-0.25, -0.2) is 4.39 Å². The minimum atomic E-state index is -0.0678. The highest BCUT2D eigenvalue weighted by Gasteiger charge is 2.31. The van der Waals surface area contributed by atoms with E-state index in [0.717, 1.165) is 17.7 Å². The molecule has 1 aliphatic carbocycles. The third-order valence-electron chi connectivity index (χ3n) is 4.56. The van der Waals surface area contributed by atoms with Crippen molar-refractivity contribution < 1.29 is 4.39 Å². The minimum Gasteiger partial charge on any atom is -0.309 e. The van der Waals surface area contributed by atoms with Crippen molar-refractivity contribution in [1.29, 1.82) is 0 Å². The van der Waals surface area contributed by atoms with Gasteiger partial charge in [0.25, 0.3) is 0 Å². The van der Waals surface area contributed by atoms with Crippen molar-refractivity contribution in [3.63, 3.8) is 0 Å². The van der Waals surface area contributed by atoms with Gasteiger partial charge in [-0.2, -0.15) is 0 Å². The first-order valence-corrected chi connectivity index (χ1v) is 7.39. The summed E-state index contributed by atoms with van der Waals surface area (Å²) in [6.45, 7) is 9.23. The van der Waals surface area contributed by atoms with Crippen LogP contribution in [-0.2, 0) is 6.54 Å². The van der Waals surface area contributed by atoms with E-state index in [4.69, 9.17) is 0 Å². The first-order valence-electron chi connectivity index (χ1n) is 7.39. The summed E-state index contributed by atoms with van der Waals surface area (Å²) in [5, 5.41) is 3.68. The van der Waals surface area contributed by atoms with Crippen LogP contribution < -0.4 is 5.32 Å². The maximum absolute atomic E-state index is 13.6. The highest BCUT2D eigenvalue weighted by atomic mass is 19.1. The monoisotopic (exact) mass is 263 g/mol. The summed E-state index contributed by atoms with van der Waals surface area (Å²) < 4.78 is 13.6. The molecule has 1 fully saturated rings. The van der Waals surface area contributed by atoms with Crippen LogP contribution in [0.15, 0.2) is 12.1 Å². The van der Waals surface area contributed by atoms with Crippen molar-refractivity contribution in [3.8, 4) is 0 Å². The quantitative estimate of drug-likeness (QED) is 0.846. The van der Waals surface area contributed by atoms with Crippen LogP contribution >= 0.6 is 0 Å². The van der Waals surface area contributed by atoms with Gasteiger partial charge >= 0.3 is 0 Å². The van der Waals surface area contributed by atoms with Crippen LogP contribution in [0.5, 0.6) is 0 Å². The van der Waals surface area contributed by atoms with Crippen LogP contribution in [0.3, 0.4) is 0 Å². The number of benzene rings is 1. The van der Waals surface area contributed by atoms with Crippen molar-refractivity contribution in [2.45, 2.75) is 66.0 Å². The zero-order valence-corrected chi connectivity index (χ0v) is 12.6. The Morgan fingerprint density at radius 3 is 2.42 bits per heavy atom. The fourth-order valence-corrected chi connectivity index (χ4v) is 3.25. The summed E-state index contributed by atoms with van der Waals surface area (Å²) in [5.74, 6) is -0.0678. The molecule has 1 N–H and O–H groups in total. The molecule has 2 heteroatoms. The SMILES string of the molecule is Cc1cc(CNC2CCCCC2(C)C)cc(C)c1F. The molecule has 19 heavy (non-hydrogen) atoms. The molecular weight excluding hydrogens is 237 g/mol. The third-order valence-corrected chi connectivity index (χ3v) is 4.56. The molecule has 0 radical (unpaired) electrons. The van der Waals surface area contributed by atoms with Crippen LogP contribution in [0.1, 0.15) is 56.2 Å². The van der Waals surface area contributed by atoms with Gasteiger partial charge in [0.2, 0.25) is 0 Å². The first kappa shape index (κ1) is 14.5. The van der Waals surface area contributed by atoms with Crippen LogP contribution in [0.2, 0.25) is 0 Å². The van der Waals surface area contributed by atoms with E-state index >= 15 is 0 Å². The van der Waals surface area contributed by atoms with Gasteiger partial charge in [0, 0.05) is 12.6 Å². The summed E-state index contributed by atoms with van der Waals surface area (Å²) in [6.07, 6.45) is 5.22. The van der Waals surface area contributed by atoms with Crippen molar-refractivity contribution in [2.24, 2.45) is 5.41 Å². The van der Waals surface area contributed by atoms with Gasteiger partial charge in [-0.05, 0) is 48.8 Å². The lowest BCUT2D eigenvalue weighted by atomic mass is 9.73. The summed E-state index contributed by atoms with van der Waals surface area (Å²) in [5.41, 5.74) is 3.07. The number of halogens is 1. The van der Waals surface area contributed by atoms with Gasteiger partial charge in [0.15, 0.2) is 0 Å². The van der Waals surface area contributed by atoms with E-state index in [1.54, 1.807) is 0 Å². The van der Waals surface area contributed by atoms with Gasteiger partial charge < -0.3 is 5.32 Å². The molecule has 1 unspecified atom stereocenters. The lowest BCUT2D eigenvalue weighted by Gasteiger charge is -2.39. The lowest BCUT2D eigenvalue weighted by molar-refractivity contribution is 0.167. The van der Waals surface area contributed by atoms with Crippen LogP contribution in [0.25, 0.3) is 0 Å². The number of rotatable bonds is 3. The van der Waals surface area contributed by atoms with E-state index in [-0.39, 0.29) is 5.82 Å². The molecule has 1 nitrogen and oxygen atoms in total. The predicted octanol–water partition coefficient (Wildman–Crippen LogP) is 4.50. The topological polar surface area (TPSA) is 12.0 Å². The smallest absolute Gasteiger partial charge is 0.129 e. The molecule has 0 aliphatic heterocycles. The third kappa shape index (κ3) is 3.36. The van der Waals surface area contributed by atoms with Crippen LogP contribution in [-0.4, -0.2) is 6.04 Å². The average molecular weight is 263 g/mol. The molecular formula is C17H26FN. The molecule has 1 saturated carbocycles. The fourth-order valence-electron chi connectivity index (χ4n) is 3.25. The molecule has 1 aliphatic rings. The Labute approximate surface area is 116 Å². The Kier molecular flexibility index (Phi) is 4.29. The van der Waals surface area contributed by atoms with Gasteiger partial charge in [-0.1, -0.05) is 38.8 Å². The maximum Gasteiger partial charge on any atom is 0.129 e. The van der Waals surface area contributed by atoms with Gasteiger partial charge in [0.1, 0.15) is 5.82 Å². The second-order valence-corrected chi connectivity index (χ2v) is 6.71. The molecule has 106 valence electrons. The van der Waals surface area contributed by atoms with E-state index in [0.29, 0.717) is 11.5 Å². The average Bonchev–Trinajstić information content (AvgIpc) is 2.34. The summed E-state index contributed by atoms with van der Waals surface area (Å²) in [7, 11) is 0. The molecule has 0 heterocycles.